The van der Waals surface area contributed by atoms with Crippen LogP contribution in [0, 0.1) is 4.77 Å². The molecule has 0 fully saturated rings. The van der Waals surface area contributed by atoms with Crippen molar-refractivity contribution in [3.8, 4) is 28.5 Å². The van der Waals surface area contributed by atoms with Crippen LogP contribution in [0.25, 0.3) is 22.8 Å². The largest absolute Gasteiger partial charge is 0.489 e. The number of nitrogens with zero attached hydrogens (tertiary/aromatic N) is 4. The van der Waals surface area contributed by atoms with Crippen molar-refractivity contribution in [1.29, 1.82) is 0 Å². The van der Waals surface area contributed by atoms with Gasteiger partial charge in [-0.3, -0.25) is 5.10 Å². The highest BCUT2D eigenvalue weighted by Gasteiger charge is 2.12. The fraction of sp³-hybridized carbons (Fsp3) is 0.0400. The van der Waals surface area contributed by atoms with E-state index in [1.54, 1.807) is 10.9 Å². The van der Waals surface area contributed by atoms with Crippen molar-refractivity contribution in [2.45, 2.75) is 6.61 Å². The molecule has 5 rings (SSSR count). The normalized spacial score (nSPS) is 11.2. The minimum absolute atomic E-state index is 0.383. The summed E-state index contributed by atoms with van der Waals surface area (Å²) in [5.41, 5.74) is 4.53. The minimum atomic E-state index is 0.383. The maximum Gasteiger partial charge on any atom is 0.216 e. The SMILES string of the molecule is S=c1[nH]nc(-c2cc(-c3ccccc3)n[nH]2)n1/N=C/c1cccc(OCc2ccccc2)c1. The highest BCUT2D eigenvalue weighted by molar-refractivity contribution is 7.71. The predicted octanol–water partition coefficient (Wildman–Crippen LogP) is 5.46. The molecule has 2 N–H and O–H groups in total. The summed E-state index contributed by atoms with van der Waals surface area (Å²) in [4.78, 5) is 0. The van der Waals surface area contributed by atoms with Crippen molar-refractivity contribution in [2.24, 2.45) is 5.10 Å². The molecule has 0 amide bonds. The summed E-state index contributed by atoms with van der Waals surface area (Å²) in [6.45, 7) is 0.502. The van der Waals surface area contributed by atoms with Crippen molar-refractivity contribution in [2.75, 3.05) is 0 Å². The average Bonchev–Trinajstić information content (AvgIpc) is 3.50. The van der Waals surface area contributed by atoms with E-state index < -0.39 is 0 Å². The second-order valence-electron chi connectivity index (χ2n) is 7.29. The molecule has 0 aliphatic heterocycles. The minimum Gasteiger partial charge on any atom is -0.489 e. The number of hydrogen-bond donors (Lipinski definition) is 2. The Kier molecular flexibility index (Phi) is 5.90. The van der Waals surface area contributed by atoms with Gasteiger partial charge >= 0.3 is 0 Å². The van der Waals surface area contributed by atoms with Gasteiger partial charge in [0, 0.05) is 5.56 Å². The van der Waals surface area contributed by atoms with Crippen molar-refractivity contribution < 1.29 is 4.74 Å². The lowest BCUT2D eigenvalue weighted by Gasteiger charge is -2.06. The number of benzene rings is 3. The molecule has 0 unspecified atom stereocenters. The molecule has 2 aromatic heterocycles. The van der Waals surface area contributed by atoms with Gasteiger partial charge < -0.3 is 4.74 Å². The van der Waals surface area contributed by atoms with E-state index in [2.05, 4.69) is 25.5 Å². The first-order valence-corrected chi connectivity index (χ1v) is 10.8. The number of rotatable bonds is 7. The van der Waals surface area contributed by atoms with Gasteiger partial charge in [-0.15, -0.1) is 0 Å². The zero-order valence-electron chi connectivity index (χ0n) is 17.6. The van der Waals surface area contributed by atoms with E-state index in [0.29, 0.717) is 22.9 Å². The van der Waals surface area contributed by atoms with E-state index in [1.165, 1.54) is 0 Å². The number of ether oxygens (including phenoxy) is 1. The first kappa shape index (κ1) is 20.6. The van der Waals surface area contributed by atoms with E-state index in [1.807, 2.05) is 91.0 Å². The summed E-state index contributed by atoms with van der Waals surface area (Å²) in [6, 6.07) is 29.6. The highest BCUT2D eigenvalue weighted by atomic mass is 32.1. The molecule has 0 bridgehead atoms. The van der Waals surface area contributed by atoms with Crippen LogP contribution in [0.4, 0.5) is 0 Å². The molecule has 162 valence electrons. The first-order valence-electron chi connectivity index (χ1n) is 10.4. The molecule has 7 nitrogen and oxygen atoms in total. The fourth-order valence-electron chi connectivity index (χ4n) is 3.32. The van der Waals surface area contributed by atoms with E-state index in [9.17, 15) is 0 Å². The Balaban J connectivity index is 1.35. The highest BCUT2D eigenvalue weighted by Crippen LogP contribution is 2.22. The lowest BCUT2D eigenvalue weighted by atomic mass is 10.1. The molecule has 0 atom stereocenters. The number of aromatic amines is 2. The third-order valence-corrected chi connectivity index (χ3v) is 5.23. The quantitative estimate of drug-likeness (QED) is 0.254. The average molecular weight is 453 g/mol. The zero-order valence-corrected chi connectivity index (χ0v) is 18.4. The second-order valence-corrected chi connectivity index (χ2v) is 7.68. The Labute approximate surface area is 195 Å². The van der Waals surface area contributed by atoms with Crippen LogP contribution in [0.2, 0.25) is 0 Å². The molecular weight excluding hydrogens is 432 g/mol. The molecule has 5 aromatic rings. The molecule has 8 heteroatoms. The van der Waals surface area contributed by atoms with Crippen LogP contribution in [0.5, 0.6) is 5.75 Å². The lowest BCUT2D eigenvalue weighted by Crippen LogP contribution is -1.97. The van der Waals surface area contributed by atoms with Crippen LogP contribution in [0.1, 0.15) is 11.1 Å². The smallest absolute Gasteiger partial charge is 0.216 e. The third kappa shape index (κ3) is 4.81. The Morgan fingerprint density at radius 1 is 0.879 bits per heavy atom. The Bertz CT molecular complexity index is 1440. The Hall–Kier alpha value is -4.30. The predicted molar refractivity (Wildman–Crippen MR) is 131 cm³/mol. The standard InChI is InChI=1S/C25H20N6OS/c33-25-30-29-24(23-15-22(27-28-23)20-11-5-2-6-12-20)31(25)26-16-19-10-7-13-21(14-19)32-17-18-8-3-1-4-9-18/h1-16H,17H2,(H,27,28)(H,30,33)/b26-16+. The Morgan fingerprint density at radius 2 is 1.67 bits per heavy atom. The summed E-state index contributed by atoms with van der Waals surface area (Å²) in [5.74, 6) is 1.31. The van der Waals surface area contributed by atoms with Crippen LogP contribution < -0.4 is 4.74 Å². The molecule has 0 aliphatic rings. The topological polar surface area (TPSA) is 83.9 Å². The monoisotopic (exact) mass is 452 g/mol. The van der Waals surface area contributed by atoms with Gasteiger partial charge in [-0.05, 0) is 41.5 Å². The molecule has 0 radical (unpaired) electrons. The molecule has 0 aliphatic carbocycles. The molecule has 0 saturated carbocycles. The van der Waals surface area contributed by atoms with Crippen LogP contribution >= 0.6 is 12.2 Å². The summed E-state index contributed by atoms with van der Waals surface area (Å²) < 4.78 is 7.86. The van der Waals surface area contributed by atoms with Crippen molar-refractivity contribution >= 4 is 18.4 Å². The van der Waals surface area contributed by atoms with Gasteiger partial charge in [0.15, 0.2) is 0 Å². The van der Waals surface area contributed by atoms with E-state index in [0.717, 1.165) is 28.1 Å². The van der Waals surface area contributed by atoms with E-state index in [-0.39, 0.29) is 0 Å². The van der Waals surface area contributed by atoms with Gasteiger partial charge in [0.05, 0.1) is 11.9 Å². The van der Waals surface area contributed by atoms with E-state index >= 15 is 0 Å². The van der Waals surface area contributed by atoms with Gasteiger partial charge in [-0.25, -0.2) is 5.10 Å². The van der Waals surface area contributed by atoms with Crippen LogP contribution in [0.15, 0.2) is 96.1 Å². The number of aromatic nitrogens is 5. The summed E-state index contributed by atoms with van der Waals surface area (Å²) in [6.07, 6.45) is 1.72. The maximum atomic E-state index is 5.91. The summed E-state index contributed by atoms with van der Waals surface area (Å²) in [5, 5.41) is 19.1. The molecule has 3 aromatic carbocycles. The molecular formula is C25H20N6OS. The first-order chi connectivity index (χ1) is 16.3. The van der Waals surface area contributed by atoms with Gasteiger partial charge in [-0.1, -0.05) is 72.8 Å². The third-order valence-electron chi connectivity index (χ3n) is 4.97. The lowest BCUT2D eigenvalue weighted by molar-refractivity contribution is 0.306. The van der Waals surface area contributed by atoms with Gasteiger partial charge in [-0.2, -0.15) is 20.0 Å². The van der Waals surface area contributed by atoms with Crippen LogP contribution in [-0.2, 0) is 6.61 Å². The van der Waals surface area contributed by atoms with Crippen molar-refractivity contribution in [3.05, 3.63) is 107 Å². The fourth-order valence-corrected chi connectivity index (χ4v) is 3.50. The Morgan fingerprint density at radius 3 is 2.48 bits per heavy atom. The van der Waals surface area contributed by atoms with Crippen molar-refractivity contribution in [1.82, 2.24) is 25.1 Å². The maximum absolute atomic E-state index is 5.91. The summed E-state index contributed by atoms with van der Waals surface area (Å²) >= 11 is 5.38. The van der Waals surface area contributed by atoms with E-state index in [4.69, 9.17) is 17.0 Å². The number of H-pyrrole nitrogens is 2. The molecule has 2 heterocycles. The molecule has 0 saturated heterocycles. The molecule has 33 heavy (non-hydrogen) atoms. The van der Waals surface area contributed by atoms with Gasteiger partial charge in [0.25, 0.3) is 0 Å². The van der Waals surface area contributed by atoms with Crippen molar-refractivity contribution in [3.63, 3.8) is 0 Å². The zero-order chi connectivity index (χ0) is 22.5. The number of nitrogens with one attached hydrogen (secondary N) is 2. The summed E-state index contributed by atoms with van der Waals surface area (Å²) in [7, 11) is 0. The van der Waals surface area contributed by atoms with Gasteiger partial charge in [0.1, 0.15) is 18.1 Å². The number of hydrogen-bond acceptors (Lipinski definition) is 5. The van der Waals surface area contributed by atoms with Gasteiger partial charge in [0.2, 0.25) is 10.6 Å². The molecule has 0 spiro atoms. The van der Waals surface area contributed by atoms with Crippen LogP contribution in [0.3, 0.4) is 0 Å². The second kappa shape index (κ2) is 9.46. The van der Waals surface area contributed by atoms with Crippen LogP contribution in [-0.4, -0.2) is 31.3 Å².